The molecule has 3 heteroatoms. The molecule has 1 amide bonds. The van der Waals surface area contributed by atoms with Crippen LogP contribution in [-0.2, 0) is 17.8 Å². The van der Waals surface area contributed by atoms with Crippen molar-refractivity contribution in [2.45, 2.75) is 19.1 Å². The number of hydrogen-bond donors (Lipinski definition) is 0. The van der Waals surface area contributed by atoms with Crippen LogP contribution in [0, 0.1) is 0 Å². The second kappa shape index (κ2) is 7.45. The van der Waals surface area contributed by atoms with Crippen molar-refractivity contribution in [3.8, 4) is 0 Å². The Kier molecular flexibility index (Phi) is 4.89. The molecule has 116 valence electrons. The smallest absolute Gasteiger partial charge is 0.414 e. The maximum Gasteiger partial charge on any atom is 0.414 e. The summed E-state index contributed by atoms with van der Waals surface area (Å²) in [6.07, 6.45) is 8.06. The predicted octanol–water partition coefficient (Wildman–Crippen LogP) is 4.32. The minimum atomic E-state index is -0.324. The average molecular weight is 305 g/mol. The zero-order valence-electron chi connectivity index (χ0n) is 12.8. The van der Waals surface area contributed by atoms with Gasteiger partial charge in [0, 0.05) is 6.20 Å². The van der Waals surface area contributed by atoms with E-state index in [1.807, 2.05) is 66.8 Å². The summed E-state index contributed by atoms with van der Waals surface area (Å²) in [4.78, 5) is 14.0. The van der Waals surface area contributed by atoms with Gasteiger partial charge in [0.15, 0.2) is 0 Å². The Morgan fingerprint density at radius 1 is 0.913 bits per heavy atom. The topological polar surface area (TPSA) is 29.5 Å². The molecular weight excluding hydrogens is 286 g/mol. The van der Waals surface area contributed by atoms with E-state index in [-0.39, 0.29) is 18.7 Å². The van der Waals surface area contributed by atoms with Crippen LogP contribution in [-0.4, -0.2) is 17.0 Å². The van der Waals surface area contributed by atoms with Gasteiger partial charge in [-0.2, -0.15) is 0 Å². The maximum absolute atomic E-state index is 12.4. The first-order valence-electron chi connectivity index (χ1n) is 7.71. The molecule has 1 aliphatic rings. The Morgan fingerprint density at radius 2 is 1.57 bits per heavy atom. The van der Waals surface area contributed by atoms with Gasteiger partial charge in [0.25, 0.3) is 0 Å². The lowest BCUT2D eigenvalue weighted by Crippen LogP contribution is -2.37. The van der Waals surface area contributed by atoms with Crippen LogP contribution >= 0.6 is 0 Å². The van der Waals surface area contributed by atoms with Crippen molar-refractivity contribution in [3.63, 3.8) is 0 Å². The number of hydrogen-bond acceptors (Lipinski definition) is 2. The summed E-state index contributed by atoms with van der Waals surface area (Å²) in [5.74, 6) is 0. The summed E-state index contributed by atoms with van der Waals surface area (Å²) in [6, 6.07) is 19.8. The van der Waals surface area contributed by atoms with Crippen molar-refractivity contribution in [1.29, 1.82) is 0 Å². The van der Waals surface area contributed by atoms with E-state index in [0.29, 0.717) is 0 Å². The number of carbonyl (C=O) groups excluding carboxylic acids is 1. The van der Waals surface area contributed by atoms with Crippen LogP contribution in [0.4, 0.5) is 4.79 Å². The van der Waals surface area contributed by atoms with Gasteiger partial charge in [-0.05, 0) is 23.6 Å². The molecule has 1 atom stereocenters. The van der Waals surface area contributed by atoms with Crippen molar-refractivity contribution < 1.29 is 9.53 Å². The van der Waals surface area contributed by atoms with E-state index in [1.54, 1.807) is 11.1 Å². The summed E-state index contributed by atoms with van der Waals surface area (Å²) in [5.41, 5.74) is 2.18. The summed E-state index contributed by atoms with van der Waals surface area (Å²) < 4.78 is 5.44. The Bertz CT molecular complexity index is 692. The maximum atomic E-state index is 12.4. The molecule has 0 saturated carbocycles. The molecule has 1 aliphatic heterocycles. The molecule has 0 saturated heterocycles. The lowest BCUT2D eigenvalue weighted by molar-refractivity contribution is 0.103. The molecule has 2 aromatic carbocycles. The average Bonchev–Trinajstić information content (AvgIpc) is 2.62. The number of carbonyl (C=O) groups is 1. The number of nitrogens with zero attached hydrogens (tertiary/aromatic N) is 1. The van der Waals surface area contributed by atoms with E-state index in [1.165, 1.54) is 5.56 Å². The first kappa shape index (κ1) is 15.1. The predicted molar refractivity (Wildman–Crippen MR) is 90.7 cm³/mol. The van der Waals surface area contributed by atoms with Gasteiger partial charge in [0.2, 0.25) is 0 Å². The van der Waals surface area contributed by atoms with Crippen LogP contribution < -0.4 is 0 Å². The van der Waals surface area contributed by atoms with Gasteiger partial charge in [-0.1, -0.05) is 72.8 Å². The Balaban J connectivity index is 1.63. The fourth-order valence-corrected chi connectivity index (χ4v) is 2.55. The summed E-state index contributed by atoms with van der Waals surface area (Å²) in [7, 11) is 0. The minimum Gasteiger partial charge on any atom is -0.444 e. The molecule has 0 aliphatic carbocycles. The van der Waals surface area contributed by atoms with E-state index >= 15 is 0 Å². The standard InChI is InChI=1S/C20H19NO2/c22-20(23-16-18-11-5-2-6-12-18)21-14-8-7-13-19(21)15-17-9-3-1-4-10-17/h1-14,19H,15-16H2. The molecule has 3 nitrogen and oxygen atoms in total. The third-order valence-corrected chi connectivity index (χ3v) is 3.75. The Morgan fingerprint density at radius 3 is 2.26 bits per heavy atom. The third-order valence-electron chi connectivity index (χ3n) is 3.75. The normalized spacial score (nSPS) is 16.3. The minimum absolute atomic E-state index is 0.0225. The Hall–Kier alpha value is -2.81. The van der Waals surface area contributed by atoms with Crippen molar-refractivity contribution in [2.75, 3.05) is 0 Å². The van der Waals surface area contributed by atoms with Gasteiger partial charge in [0.1, 0.15) is 6.61 Å². The molecule has 1 unspecified atom stereocenters. The third kappa shape index (κ3) is 4.10. The van der Waals surface area contributed by atoms with Crippen molar-refractivity contribution in [1.82, 2.24) is 4.90 Å². The number of amides is 1. The number of rotatable bonds is 4. The summed E-state index contributed by atoms with van der Waals surface area (Å²) in [5, 5.41) is 0. The zero-order chi connectivity index (χ0) is 15.9. The molecule has 0 bridgehead atoms. The van der Waals surface area contributed by atoms with Crippen LogP contribution in [0.25, 0.3) is 0 Å². The first-order chi connectivity index (χ1) is 11.3. The monoisotopic (exact) mass is 305 g/mol. The molecule has 0 radical (unpaired) electrons. The fourth-order valence-electron chi connectivity index (χ4n) is 2.55. The van der Waals surface area contributed by atoms with Crippen LogP contribution in [0.1, 0.15) is 11.1 Å². The molecule has 0 N–H and O–H groups in total. The fraction of sp³-hybridized carbons (Fsp3) is 0.150. The van der Waals surface area contributed by atoms with Crippen LogP contribution in [0.5, 0.6) is 0 Å². The van der Waals surface area contributed by atoms with Crippen LogP contribution in [0.15, 0.2) is 85.1 Å². The molecule has 3 rings (SSSR count). The molecule has 1 heterocycles. The van der Waals surface area contributed by atoms with E-state index in [2.05, 4.69) is 12.1 Å². The SMILES string of the molecule is O=C(OCc1ccccc1)N1C=CC=CC1Cc1ccccc1. The number of ether oxygens (including phenoxy) is 1. The van der Waals surface area contributed by atoms with Crippen molar-refractivity contribution >= 4 is 6.09 Å². The van der Waals surface area contributed by atoms with E-state index in [4.69, 9.17) is 4.74 Å². The quantitative estimate of drug-likeness (QED) is 0.842. The first-order valence-corrected chi connectivity index (χ1v) is 7.71. The summed E-state index contributed by atoms with van der Waals surface area (Å²) in [6.45, 7) is 0.284. The van der Waals surface area contributed by atoms with Crippen LogP contribution in [0.2, 0.25) is 0 Å². The van der Waals surface area contributed by atoms with E-state index in [9.17, 15) is 4.79 Å². The van der Waals surface area contributed by atoms with Gasteiger partial charge in [0.05, 0.1) is 6.04 Å². The van der Waals surface area contributed by atoms with Crippen molar-refractivity contribution in [2.24, 2.45) is 0 Å². The van der Waals surface area contributed by atoms with Gasteiger partial charge in [-0.25, -0.2) is 4.79 Å². The van der Waals surface area contributed by atoms with Gasteiger partial charge < -0.3 is 4.74 Å². The molecular formula is C20H19NO2. The molecule has 0 fully saturated rings. The van der Waals surface area contributed by atoms with Gasteiger partial charge in [-0.3, -0.25) is 4.90 Å². The number of benzene rings is 2. The Labute approximate surface area is 136 Å². The highest BCUT2D eigenvalue weighted by Crippen LogP contribution is 2.16. The highest BCUT2D eigenvalue weighted by molar-refractivity contribution is 5.70. The highest BCUT2D eigenvalue weighted by atomic mass is 16.6. The van der Waals surface area contributed by atoms with Gasteiger partial charge in [-0.15, -0.1) is 0 Å². The second-order valence-corrected chi connectivity index (χ2v) is 5.43. The lowest BCUT2D eigenvalue weighted by Gasteiger charge is -2.27. The summed E-state index contributed by atoms with van der Waals surface area (Å²) >= 11 is 0. The zero-order valence-corrected chi connectivity index (χ0v) is 12.8. The lowest BCUT2D eigenvalue weighted by atomic mass is 10.0. The van der Waals surface area contributed by atoms with E-state index < -0.39 is 0 Å². The highest BCUT2D eigenvalue weighted by Gasteiger charge is 2.22. The van der Waals surface area contributed by atoms with Crippen molar-refractivity contribution in [3.05, 3.63) is 96.2 Å². The molecule has 23 heavy (non-hydrogen) atoms. The molecule has 0 aromatic heterocycles. The second-order valence-electron chi connectivity index (χ2n) is 5.43. The van der Waals surface area contributed by atoms with Crippen LogP contribution in [0.3, 0.4) is 0 Å². The molecule has 2 aromatic rings. The number of allylic oxidation sites excluding steroid dienone is 2. The van der Waals surface area contributed by atoms with E-state index in [0.717, 1.165) is 12.0 Å². The largest absolute Gasteiger partial charge is 0.444 e. The van der Waals surface area contributed by atoms with Gasteiger partial charge >= 0.3 is 6.09 Å². The molecule has 0 spiro atoms.